The number of halogens is 3. The SMILES string of the molecule is O=[N+]([O-])c1cnc(C(F)(F)F)cc1NCCC1=CCCC1. The lowest BCUT2D eigenvalue weighted by Gasteiger charge is -2.10. The molecule has 1 aliphatic carbocycles. The molecule has 8 heteroatoms. The van der Waals surface area contributed by atoms with Crippen molar-refractivity contribution in [3.8, 4) is 0 Å². The van der Waals surface area contributed by atoms with Crippen molar-refractivity contribution in [1.82, 2.24) is 4.98 Å². The fraction of sp³-hybridized carbons (Fsp3) is 0.462. The average molecular weight is 301 g/mol. The van der Waals surface area contributed by atoms with Crippen LogP contribution in [0.3, 0.4) is 0 Å². The fourth-order valence-corrected chi connectivity index (χ4v) is 2.21. The van der Waals surface area contributed by atoms with E-state index in [-0.39, 0.29) is 5.69 Å². The smallest absolute Gasteiger partial charge is 0.379 e. The highest BCUT2D eigenvalue weighted by atomic mass is 19.4. The Morgan fingerprint density at radius 3 is 2.76 bits per heavy atom. The standard InChI is InChI=1S/C13H14F3N3O2/c14-13(15,16)12-7-10(11(8-18-12)19(20)21)17-6-5-9-3-1-2-4-9/h3,7-8H,1-2,4-6H2,(H,17,18). The van der Waals surface area contributed by atoms with Gasteiger partial charge in [0.25, 0.3) is 0 Å². The van der Waals surface area contributed by atoms with Gasteiger partial charge in [-0.05, 0) is 31.7 Å². The number of pyridine rings is 1. The van der Waals surface area contributed by atoms with Gasteiger partial charge in [-0.15, -0.1) is 0 Å². The van der Waals surface area contributed by atoms with Gasteiger partial charge in [-0.25, -0.2) is 4.98 Å². The summed E-state index contributed by atoms with van der Waals surface area (Å²) < 4.78 is 37.8. The Kier molecular flexibility index (Phi) is 4.44. The molecule has 0 bridgehead atoms. The first-order valence-electron chi connectivity index (χ1n) is 6.51. The molecule has 2 rings (SSSR count). The van der Waals surface area contributed by atoms with Gasteiger partial charge in [0.1, 0.15) is 17.6 Å². The zero-order chi connectivity index (χ0) is 15.5. The Hall–Kier alpha value is -2.12. The lowest BCUT2D eigenvalue weighted by molar-refractivity contribution is -0.384. The number of alkyl halides is 3. The molecule has 21 heavy (non-hydrogen) atoms. The molecular weight excluding hydrogens is 287 g/mol. The third kappa shape index (κ3) is 3.93. The van der Waals surface area contributed by atoms with Crippen LogP contribution in [0.15, 0.2) is 23.9 Å². The molecule has 0 spiro atoms. The molecular formula is C13H14F3N3O2. The second-order valence-corrected chi connectivity index (χ2v) is 4.77. The zero-order valence-electron chi connectivity index (χ0n) is 11.1. The Balaban J connectivity index is 2.12. The molecule has 0 amide bonds. The highest BCUT2D eigenvalue weighted by molar-refractivity contribution is 5.61. The van der Waals surface area contributed by atoms with E-state index in [9.17, 15) is 23.3 Å². The predicted octanol–water partition coefficient (Wildman–Crippen LogP) is 3.92. The van der Waals surface area contributed by atoms with Crippen molar-refractivity contribution in [3.05, 3.63) is 39.7 Å². The second-order valence-electron chi connectivity index (χ2n) is 4.77. The third-order valence-electron chi connectivity index (χ3n) is 3.27. The Morgan fingerprint density at radius 1 is 1.43 bits per heavy atom. The van der Waals surface area contributed by atoms with E-state index in [4.69, 9.17) is 0 Å². The molecule has 0 aromatic carbocycles. The van der Waals surface area contributed by atoms with Crippen molar-refractivity contribution in [2.24, 2.45) is 0 Å². The molecule has 0 fully saturated rings. The van der Waals surface area contributed by atoms with Gasteiger partial charge in [0, 0.05) is 6.54 Å². The van der Waals surface area contributed by atoms with Crippen LogP contribution in [0.2, 0.25) is 0 Å². The minimum absolute atomic E-state index is 0.152. The number of anilines is 1. The summed E-state index contributed by atoms with van der Waals surface area (Å²) in [5.41, 5.74) is -0.518. The van der Waals surface area contributed by atoms with E-state index in [1.54, 1.807) is 0 Å². The molecule has 0 atom stereocenters. The molecule has 114 valence electrons. The molecule has 0 unspecified atom stereocenters. The summed E-state index contributed by atoms with van der Waals surface area (Å²) >= 11 is 0. The quantitative estimate of drug-likeness (QED) is 0.508. The zero-order valence-corrected chi connectivity index (χ0v) is 11.1. The summed E-state index contributed by atoms with van der Waals surface area (Å²) in [6.45, 7) is 0.355. The number of rotatable bonds is 5. The average Bonchev–Trinajstić information content (AvgIpc) is 2.90. The van der Waals surface area contributed by atoms with E-state index in [0.717, 1.165) is 19.3 Å². The second kappa shape index (κ2) is 6.11. The van der Waals surface area contributed by atoms with Crippen LogP contribution in [-0.2, 0) is 6.18 Å². The van der Waals surface area contributed by atoms with Gasteiger partial charge >= 0.3 is 11.9 Å². The van der Waals surface area contributed by atoms with Crippen LogP contribution < -0.4 is 5.32 Å². The highest BCUT2D eigenvalue weighted by Gasteiger charge is 2.34. The van der Waals surface area contributed by atoms with Crippen LogP contribution in [-0.4, -0.2) is 16.5 Å². The molecule has 1 aromatic heterocycles. The number of nitro groups is 1. The minimum Gasteiger partial charge on any atom is -0.379 e. The molecule has 0 aliphatic heterocycles. The van der Waals surface area contributed by atoms with E-state index in [0.29, 0.717) is 25.2 Å². The third-order valence-corrected chi connectivity index (χ3v) is 3.27. The summed E-state index contributed by atoms with van der Waals surface area (Å²) in [6.07, 6.45) is 1.87. The normalized spacial score (nSPS) is 14.9. The summed E-state index contributed by atoms with van der Waals surface area (Å²) in [5.74, 6) is 0. The number of nitrogens with zero attached hydrogens (tertiary/aromatic N) is 2. The molecule has 5 nitrogen and oxygen atoms in total. The van der Waals surface area contributed by atoms with Gasteiger partial charge in [0.2, 0.25) is 0 Å². The number of aromatic nitrogens is 1. The van der Waals surface area contributed by atoms with Crippen molar-refractivity contribution in [2.45, 2.75) is 31.9 Å². The van der Waals surface area contributed by atoms with Crippen LogP contribution in [0.25, 0.3) is 0 Å². The summed E-state index contributed by atoms with van der Waals surface area (Å²) in [6, 6.07) is 0.682. The highest BCUT2D eigenvalue weighted by Crippen LogP contribution is 2.33. The summed E-state index contributed by atoms with van der Waals surface area (Å²) in [5, 5.41) is 13.5. The van der Waals surface area contributed by atoms with Gasteiger partial charge in [0.15, 0.2) is 0 Å². The monoisotopic (exact) mass is 301 g/mol. The van der Waals surface area contributed by atoms with E-state index in [1.807, 2.05) is 0 Å². The summed E-state index contributed by atoms with van der Waals surface area (Å²) in [7, 11) is 0. The Bertz CT molecular complexity index is 570. The van der Waals surface area contributed by atoms with E-state index >= 15 is 0 Å². The molecule has 0 radical (unpaired) electrons. The molecule has 1 N–H and O–H groups in total. The Labute approximate surface area is 119 Å². The fourth-order valence-electron chi connectivity index (χ4n) is 2.21. The minimum atomic E-state index is -4.63. The van der Waals surface area contributed by atoms with E-state index in [2.05, 4.69) is 16.4 Å². The first-order chi connectivity index (χ1) is 9.88. The van der Waals surface area contributed by atoms with Gasteiger partial charge in [-0.1, -0.05) is 11.6 Å². The van der Waals surface area contributed by atoms with Crippen molar-refractivity contribution in [1.29, 1.82) is 0 Å². The Morgan fingerprint density at radius 2 is 2.19 bits per heavy atom. The van der Waals surface area contributed by atoms with Gasteiger partial charge in [0.05, 0.1) is 4.92 Å². The van der Waals surface area contributed by atoms with Gasteiger partial charge in [-0.3, -0.25) is 10.1 Å². The topological polar surface area (TPSA) is 68.1 Å². The number of nitrogens with one attached hydrogen (secondary N) is 1. The van der Waals surface area contributed by atoms with Crippen LogP contribution >= 0.6 is 0 Å². The number of hydrogen-bond acceptors (Lipinski definition) is 4. The van der Waals surface area contributed by atoms with Crippen molar-refractivity contribution in [3.63, 3.8) is 0 Å². The molecule has 1 aromatic rings. The van der Waals surface area contributed by atoms with Crippen molar-refractivity contribution >= 4 is 11.4 Å². The van der Waals surface area contributed by atoms with Crippen LogP contribution in [0, 0.1) is 10.1 Å². The predicted molar refractivity (Wildman–Crippen MR) is 70.9 cm³/mol. The van der Waals surface area contributed by atoms with Crippen LogP contribution in [0.4, 0.5) is 24.5 Å². The van der Waals surface area contributed by atoms with E-state index in [1.165, 1.54) is 5.57 Å². The first-order valence-corrected chi connectivity index (χ1v) is 6.51. The molecule has 0 saturated carbocycles. The van der Waals surface area contributed by atoms with Gasteiger partial charge < -0.3 is 5.32 Å². The number of hydrogen-bond donors (Lipinski definition) is 1. The van der Waals surface area contributed by atoms with Gasteiger partial charge in [-0.2, -0.15) is 13.2 Å². The van der Waals surface area contributed by atoms with E-state index < -0.39 is 22.5 Å². The maximum atomic E-state index is 12.6. The molecule has 0 saturated heterocycles. The van der Waals surface area contributed by atoms with Crippen LogP contribution in [0.1, 0.15) is 31.4 Å². The lowest BCUT2D eigenvalue weighted by atomic mass is 10.1. The molecule has 1 aliphatic rings. The van der Waals surface area contributed by atoms with Crippen molar-refractivity contribution < 1.29 is 18.1 Å². The first kappa shape index (κ1) is 15.3. The maximum Gasteiger partial charge on any atom is 0.433 e. The number of allylic oxidation sites excluding steroid dienone is 1. The van der Waals surface area contributed by atoms with Crippen molar-refractivity contribution in [2.75, 3.05) is 11.9 Å². The molecule has 1 heterocycles. The lowest BCUT2D eigenvalue weighted by Crippen LogP contribution is -2.11. The largest absolute Gasteiger partial charge is 0.433 e. The van der Waals surface area contributed by atoms with Crippen LogP contribution in [0.5, 0.6) is 0 Å². The summed E-state index contributed by atoms with van der Waals surface area (Å²) in [4.78, 5) is 13.2. The maximum absolute atomic E-state index is 12.6.